The second-order valence-electron chi connectivity index (χ2n) is 8.46. The largest absolute Gasteiger partial charge is 0.497 e. The van der Waals surface area contributed by atoms with E-state index >= 15 is 0 Å². The molecule has 0 bridgehead atoms. The zero-order valence-electron chi connectivity index (χ0n) is 18.4. The van der Waals surface area contributed by atoms with E-state index in [9.17, 15) is 4.79 Å². The molecular formula is C23H29ClN4O3S. The smallest absolute Gasteiger partial charge is 0.274 e. The molecule has 9 heteroatoms. The summed E-state index contributed by atoms with van der Waals surface area (Å²) in [5.74, 6) is 2.24. The molecule has 1 atom stereocenters. The summed E-state index contributed by atoms with van der Waals surface area (Å²) in [6.45, 7) is 5.26. The molecule has 2 fully saturated rings. The van der Waals surface area contributed by atoms with Gasteiger partial charge in [-0.3, -0.25) is 9.48 Å². The zero-order valence-corrected chi connectivity index (χ0v) is 20.0. The Labute approximate surface area is 198 Å². The van der Waals surface area contributed by atoms with Gasteiger partial charge in [0, 0.05) is 53.8 Å². The normalized spacial score (nSPS) is 21.2. The number of ether oxygens (including phenoxy) is 2. The average molecular weight is 477 g/mol. The highest BCUT2D eigenvalue weighted by molar-refractivity contribution is 7.98. The summed E-state index contributed by atoms with van der Waals surface area (Å²) in [6.07, 6.45) is 2.16. The SMILES string of the molecule is COc1ccc2c(c1)SCc1c(C(=O)N3CCOCC3)nn(C3CCCN(CCCl)C3)c1-2. The summed E-state index contributed by atoms with van der Waals surface area (Å²) in [5.41, 5.74) is 3.89. The zero-order chi connectivity index (χ0) is 22.1. The molecule has 172 valence electrons. The number of amides is 1. The van der Waals surface area contributed by atoms with Gasteiger partial charge in [-0.15, -0.1) is 23.4 Å². The molecule has 1 aromatic carbocycles. The summed E-state index contributed by atoms with van der Waals surface area (Å²) >= 11 is 7.78. The van der Waals surface area contributed by atoms with Crippen LogP contribution in [0.2, 0.25) is 0 Å². The molecule has 7 nitrogen and oxygen atoms in total. The van der Waals surface area contributed by atoms with E-state index in [1.807, 2.05) is 11.0 Å². The predicted octanol–water partition coefficient (Wildman–Crippen LogP) is 3.51. The lowest BCUT2D eigenvalue weighted by Crippen LogP contribution is -2.41. The van der Waals surface area contributed by atoms with Crippen molar-refractivity contribution in [1.82, 2.24) is 19.6 Å². The van der Waals surface area contributed by atoms with Crippen molar-refractivity contribution in [3.05, 3.63) is 29.5 Å². The van der Waals surface area contributed by atoms with Gasteiger partial charge in [0.1, 0.15) is 5.75 Å². The minimum absolute atomic E-state index is 0.0225. The van der Waals surface area contributed by atoms with Gasteiger partial charge in [-0.05, 0) is 37.6 Å². The van der Waals surface area contributed by atoms with E-state index in [2.05, 4.69) is 21.7 Å². The molecule has 3 aliphatic heterocycles. The van der Waals surface area contributed by atoms with Gasteiger partial charge in [-0.25, -0.2) is 0 Å². The van der Waals surface area contributed by atoms with Crippen LogP contribution in [0.25, 0.3) is 11.3 Å². The Balaban J connectivity index is 1.57. The Bertz CT molecular complexity index is 990. The third-order valence-corrected chi connectivity index (χ3v) is 7.80. The lowest BCUT2D eigenvalue weighted by Gasteiger charge is -2.33. The first-order valence-corrected chi connectivity index (χ1v) is 12.8. The van der Waals surface area contributed by atoms with E-state index in [1.165, 1.54) is 4.90 Å². The summed E-state index contributed by atoms with van der Waals surface area (Å²) in [7, 11) is 1.69. The number of piperidine rings is 1. The maximum Gasteiger partial charge on any atom is 0.274 e. The first-order valence-electron chi connectivity index (χ1n) is 11.3. The second-order valence-corrected chi connectivity index (χ2v) is 9.86. The fourth-order valence-corrected chi connectivity index (χ4v) is 6.22. The van der Waals surface area contributed by atoms with Crippen LogP contribution in [-0.2, 0) is 10.5 Å². The standard InChI is InChI=1S/C23H29ClN4O3S/c1-30-17-4-5-18-20(13-17)32-15-19-21(23(29)27-9-11-31-12-10-27)25-28(22(18)19)16-3-2-7-26(14-16)8-6-24/h4-5,13,16H,2-3,6-12,14-15H2,1H3. The topological polar surface area (TPSA) is 59.8 Å². The molecule has 5 rings (SSSR count). The highest BCUT2D eigenvalue weighted by atomic mass is 35.5. The number of methoxy groups -OCH3 is 1. The number of rotatable bonds is 5. The monoisotopic (exact) mass is 476 g/mol. The number of benzene rings is 1. The van der Waals surface area contributed by atoms with Crippen molar-refractivity contribution >= 4 is 29.3 Å². The summed E-state index contributed by atoms with van der Waals surface area (Å²) < 4.78 is 13.0. The van der Waals surface area contributed by atoms with Gasteiger partial charge in [0.2, 0.25) is 0 Å². The molecule has 32 heavy (non-hydrogen) atoms. The maximum atomic E-state index is 13.5. The number of thioether (sulfide) groups is 1. The van der Waals surface area contributed by atoms with E-state index in [-0.39, 0.29) is 11.9 Å². The van der Waals surface area contributed by atoms with E-state index in [4.69, 9.17) is 26.2 Å². The molecule has 3 aliphatic rings. The number of hydrogen-bond acceptors (Lipinski definition) is 6. The quantitative estimate of drug-likeness (QED) is 0.615. The van der Waals surface area contributed by atoms with Crippen LogP contribution >= 0.6 is 23.4 Å². The van der Waals surface area contributed by atoms with Crippen molar-refractivity contribution in [2.24, 2.45) is 0 Å². The molecule has 0 aliphatic carbocycles. The van der Waals surface area contributed by atoms with Gasteiger partial charge in [-0.1, -0.05) is 0 Å². The number of likely N-dealkylation sites (tertiary alicyclic amines) is 1. The summed E-state index contributed by atoms with van der Waals surface area (Å²) in [4.78, 5) is 19.0. The minimum atomic E-state index is 0.0225. The molecule has 2 aromatic rings. The number of hydrogen-bond donors (Lipinski definition) is 0. The van der Waals surface area contributed by atoms with E-state index in [0.717, 1.165) is 60.8 Å². The Morgan fingerprint density at radius 1 is 1.31 bits per heavy atom. The third-order valence-electron chi connectivity index (χ3n) is 6.55. The summed E-state index contributed by atoms with van der Waals surface area (Å²) in [6, 6.07) is 6.42. The number of alkyl halides is 1. The van der Waals surface area contributed by atoms with Gasteiger partial charge in [0.05, 0.1) is 32.1 Å². The van der Waals surface area contributed by atoms with E-state index in [1.54, 1.807) is 18.9 Å². The number of fused-ring (bicyclic) bond motifs is 3. The molecule has 0 radical (unpaired) electrons. The molecule has 1 aromatic heterocycles. The predicted molar refractivity (Wildman–Crippen MR) is 126 cm³/mol. The lowest BCUT2D eigenvalue weighted by atomic mass is 10.0. The van der Waals surface area contributed by atoms with Crippen LogP contribution in [-0.4, -0.2) is 84.4 Å². The molecular weight excluding hydrogens is 448 g/mol. The highest BCUT2D eigenvalue weighted by Gasteiger charge is 2.34. The van der Waals surface area contributed by atoms with E-state index < -0.39 is 0 Å². The Morgan fingerprint density at radius 3 is 2.94 bits per heavy atom. The second kappa shape index (κ2) is 9.63. The van der Waals surface area contributed by atoms with Crippen molar-refractivity contribution in [2.45, 2.75) is 29.5 Å². The lowest BCUT2D eigenvalue weighted by molar-refractivity contribution is 0.0297. The van der Waals surface area contributed by atoms with Crippen LogP contribution < -0.4 is 4.74 Å². The molecule has 0 saturated carbocycles. The van der Waals surface area contributed by atoms with Crippen LogP contribution in [0, 0.1) is 0 Å². The van der Waals surface area contributed by atoms with Crippen LogP contribution in [0.1, 0.15) is 34.9 Å². The first-order chi connectivity index (χ1) is 15.7. The van der Waals surface area contributed by atoms with Crippen LogP contribution in [0.15, 0.2) is 23.1 Å². The van der Waals surface area contributed by atoms with Crippen molar-refractivity contribution < 1.29 is 14.3 Å². The highest BCUT2D eigenvalue weighted by Crippen LogP contribution is 2.45. The number of nitrogens with zero attached hydrogens (tertiary/aromatic N) is 4. The summed E-state index contributed by atoms with van der Waals surface area (Å²) in [5, 5.41) is 5.01. The number of morpholine rings is 1. The first kappa shape index (κ1) is 22.1. The number of carbonyl (C=O) groups is 1. The Morgan fingerprint density at radius 2 is 2.16 bits per heavy atom. The average Bonchev–Trinajstić information content (AvgIpc) is 3.24. The van der Waals surface area contributed by atoms with Crippen LogP contribution in [0.3, 0.4) is 0 Å². The van der Waals surface area contributed by atoms with Gasteiger partial charge in [0.15, 0.2) is 5.69 Å². The Hall–Kier alpha value is -1.74. The Kier molecular flexibility index (Phi) is 6.64. The van der Waals surface area contributed by atoms with Crippen molar-refractivity contribution in [3.63, 3.8) is 0 Å². The molecule has 2 saturated heterocycles. The molecule has 1 unspecified atom stereocenters. The fourth-order valence-electron chi connectivity index (χ4n) is 4.89. The number of carbonyl (C=O) groups excluding carboxylic acids is 1. The minimum Gasteiger partial charge on any atom is -0.497 e. The van der Waals surface area contributed by atoms with E-state index in [0.29, 0.717) is 37.9 Å². The molecule has 0 N–H and O–H groups in total. The fraction of sp³-hybridized carbons (Fsp3) is 0.565. The van der Waals surface area contributed by atoms with Gasteiger partial charge >= 0.3 is 0 Å². The van der Waals surface area contributed by atoms with Gasteiger partial charge in [0.25, 0.3) is 5.91 Å². The number of halogens is 1. The molecule has 0 spiro atoms. The molecule has 1 amide bonds. The van der Waals surface area contributed by atoms with Gasteiger partial charge in [-0.2, -0.15) is 5.10 Å². The van der Waals surface area contributed by atoms with Crippen LogP contribution in [0.4, 0.5) is 0 Å². The molecule has 4 heterocycles. The third kappa shape index (κ3) is 4.14. The van der Waals surface area contributed by atoms with Crippen molar-refractivity contribution in [2.75, 3.05) is 58.9 Å². The maximum absolute atomic E-state index is 13.5. The number of aromatic nitrogens is 2. The van der Waals surface area contributed by atoms with Gasteiger partial charge < -0.3 is 19.3 Å². The van der Waals surface area contributed by atoms with Crippen molar-refractivity contribution in [3.8, 4) is 17.0 Å². The van der Waals surface area contributed by atoms with Crippen molar-refractivity contribution in [1.29, 1.82) is 0 Å². The van der Waals surface area contributed by atoms with Crippen LogP contribution in [0.5, 0.6) is 5.75 Å².